The Balaban J connectivity index is 2.13. The van der Waals surface area contributed by atoms with Crippen LogP contribution in [-0.4, -0.2) is 15.2 Å². The molecule has 0 saturated carbocycles. The number of phenols is 2. The van der Waals surface area contributed by atoms with Crippen molar-refractivity contribution in [1.82, 2.24) is 4.98 Å². The molecule has 0 fully saturated rings. The first-order valence-corrected chi connectivity index (χ1v) is 6.08. The number of hydrogen-bond donors (Lipinski definition) is 2. The highest BCUT2D eigenvalue weighted by molar-refractivity contribution is 5.87. The lowest BCUT2D eigenvalue weighted by molar-refractivity contribution is 0.444. The van der Waals surface area contributed by atoms with Crippen LogP contribution in [-0.2, 0) is 6.42 Å². The number of aromatic nitrogens is 1. The Morgan fingerprint density at radius 3 is 2.53 bits per heavy atom. The maximum Gasteiger partial charge on any atom is 0.149 e. The van der Waals surface area contributed by atoms with E-state index in [4.69, 9.17) is 0 Å². The van der Waals surface area contributed by atoms with Gasteiger partial charge in [-0.3, -0.25) is 4.98 Å². The summed E-state index contributed by atoms with van der Waals surface area (Å²) in [7, 11) is 0. The molecule has 19 heavy (non-hydrogen) atoms. The van der Waals surface area contributed by atoms with Gasteiger partial charge in [0.1, 0.15) is 17.0 Å². The third-order valence-electron chi connectivity index (χ3n) is 3.17. The molecule has 2 N–H and O–H groups in total. The van der Waals surface area contributed by atoms with Crippen molar-refractivity contribution >= 4 is 10.9 Å². The molecule has 0 bridgehead atoms. The molecular weight excluding hydrogens is 238 g/mol. The van der Waals surface area contributed by atoms with E-state index in [9.17, 15) is 10.2 Å². The van der Waals surface area contributed by atoms with E-state index in [-0.39, 0.29) is 11.5 Å². The number of hydrogen-bond acceptors (Lipinski definition) is 3. The van der Waals surface area contributed by atoms with Crippen molar-refractivity contribution in [2.45, 2.75) is 6.42 Å². The lowest BCUT2D eigenvalue weighted by Gasteiger charge is -2.10. The summed E-state index contributed by atoms with van der Waals surface area (Å²) in [5.41, 5.74) is 2.06. The maximum atomic E-state index is 10.3. The summed E-state index contributed by atoms with van der Waals surface area (Å²) >= 11 is 0. The van der Waals surface area contributed by atoms with Gasteiger partial charge < -0.3 is 10.2 Å². The zero-order chi connectivity index (χ0) is 13.2. The van der Waals surface area contributed by atoms with Crippen LogP contribution in [0.4, 0.5) is 0 Å². The monoisotopic (exact) mass is 251 g/mol. The third kappa shape index (κ3) is 2.10. The summed E-state index contributed by atoms with van der Waals surface area (Å²) in [6, 6.07) is 15.0. The minimum Gasteiger partial charge on any atom is -0.507 e. The van der Waals surface area contributed by atoms with Gasteiger partial charge in [0.05, 0.1) is 0 Å². The number of rotatable bonds is 2. The number of aromatic hydroxyl groups is 2. The fraction of sp³-hybridized carbons (Fsp3) is 0.0625. The largest absolute Gasteiger partial charge is 0.507 e. The molecule has 0 amide bonds. The van der Waals surface area contributed by atoms with Crippen molar-refractivity contribution < 1.29 is 10.2 Å². The summed E-state index contributed by atoms with van der Waals surface area (Å²) in [6.07, 6.45) is 2.11. The first kappa shape index (κ1) is 11.5. The molecule has 2 aromatic carbocycles. The molecule has 3 nitrogen and oxygen atoms in total. The zero-order valence-electron chi connectivity index (χ0n) is 10.2. The van der Waals surface area contributed by atoms with Gasteiger partial charge in [-0.25, -0.2) is 0 Å². The molecule has 0 atom stereocenters. The van der Waals surface area contributed by atoms with E-state index in [0.29, 0.717) is 17.5 Å². The first-order chi connectivity index (χ1) is 9.25. The Hall–Kier alpha value is -2.55. The van der Waals surface area contributed by atoms with Gasteiger partial charge in [-0.1, -0.05) is 36.4 Å². The van der Waals surface area contributed by atoms with E-state index in [1.807, 2.05) is 36.4 Å². The van der Waals surface area contributed by atoms with Crippen LogP contribution in [0, 0.1) is 0 Å². The van der Waals surface area contributed by atoms with Gasteiger partial charge >= 0.3 is 0 Å². The molecule has 94 valence electrons. The highest BCUT2D eigenvalue weighted by atomic mass is 16.3. The van der Waals surface area contributed by atoms with Crippen LogP contribution in [0.25, 0.3) is 10.9 Å². The van der Waals surface area contributed by atoms with E-state index < -0.39 is 0 Å². The number of nitrogens with zero attached hydrogens (tertiary/aromatic N) is 1. The molecule has 1 aromatic heterocycles. The molecule has 0 radical (unpaired) electrons. The molecule has 0 unspecified atom stereocenters. The highest BCUT2D eigenvalue weighted by Crippen LogP contribution is 2.35. The van der Waals surface area contributed by atoms with Crippen LogP contribution in [0.15, 0.2) is 54.7 Å². The SMILES string of the molecule is Oc1cc2cccnc2c(O)c1Cc1ccccc1. The van der Waals surface area contributed by atoms with Gasteiger partial charge in [0.25, 0.3) is 0 Å². The van der Waals surface area contributed by atoms with E-state index >= 15 is 0 Å². The van der Waals surface area contributed by atoms with Gasteiger partial charge in [-0.2, -0.15) is 0 Å². The predicted octanol–water partition coefficient (Wildman–Crippen LogP) is 3.24. The predicted molar refractivity (Wildman–Crippen MR) is 74.3 cm³/mol. The number of fused-ring (bicyclic) bond motifs is 1. The topological polar surface area (TPSA) is 53.4 Å². The van der Waals surface area contributed by atoms with Crippen molar-refractivity contribution in [3.05, 3.63) is 65.9 Å². The van der Waals surface area contributed by atoms with Gasteiger partial charge in [-0.15, -0.1) is 0 Å². The molecule has 3 aromatic rings. The van der Waals surface area contributed by atoms with Crippen LogP contribution in [0.5, 0.6) is 11.5 Å². The Morgan fingerprint density at radius 1 is 0.947 bits per heavy atom. The number of pyridine rings is 1. The van der Waals surface area contributed by atoms with E-state index in [1.54, 1.807) is 18.3 Å². The Bertz CT molecular complexity index is 723. The Morgan fingerprint density at radius 2 is 1.74 bits per heavy atom. The zero-order valence-corrected chi connectivity index (χ0v) is 10.2. The Labute approximate surface area is 110 Å². The van der Waals surface area contributed by atoms with Gasteiger partial charge in [0.15, 0.2) is 0 Å². The minimum absolute atomic E-state index is 0.0550. The smallest absolute Gasteiger partial charge is 0.149 e. The molecule has 0 spiro atoms. The molecule has 1 heterocycles. The van der Waals surface area contributed by atoms with Crippen molar-refractivity contribution in [2.75, 3.05) is 0 Å². The van der Waals surface area contributed by atoms with Crippen LogP contribution in [0.3, 0.4) is 0 Å². The minimum atomic E-state index is 0.0550. The summed E-state index contributed by atoms with van der Waals surface area (Å²) < 4.78 is 0. The average molecular weight is 251 g/mol. The molecule has 3 rings (SSSR count). The number of phenolic OH excluding ortho intramolecular Hbond substituents is 2. The molecule has 0 saturated heterocycles. The fourth-order valence-corrected chi connectivity index (χ4v) is 2.20. The highest BCUT2D eigenvalue weighted by Gasteiger charge is 2.13. The molecule has 3 heteroatoms. The fourth-order valence-electron chi connectivity index (χ4n) is 2.20. The lowest BCUT2D eigenvalue weighted by Crippen LogP contribution is -1.92. The van der Waals surface area contributed by atoms with E-state index in [0.717, 1.165) is 10.9 Å². The van der Waals surface area contributed by atoms with E-state index in [1.165, 1.54) is 0 Å². The van der Waals surface area contributed by atoms with Gasteiger partial charge in [-0.05, 0) is 17.7 Å². The van der Waals surface area contributed by atoms with Crippen molar-refractivity contribution in [3.8, 4) is 11.5 Å². The Kier molecular flexibility index (Phi) is 2.80. The second-order valence-electron chi connectivity index (χ2n) is 4.46. The lowest BCUT2D eigenvalue weighted by atomic mass is 10.0. The van der Waals surface area contributed by atoms with Crippen molar-refractivity contribution in [3.63, 3.8) is 0 Å². The summed E-state index contributed by atoms with van der Waals surface area (Å²) in [4.78, 5) is 4.16. The molecule has 0 aliphatic carbocycles. The van der Waals surface area contributed by atoms with Gasteiger partial charge in [0, 0.05) is 23.6 Å². The second-order valence-corrected chi connectivity index (χ2v) is 4.46. The van der Waals surface area contributed by atoms with Crippen LogP contribution in [0.1, 0.15) is 11.1 Å². The van der Waals surface area contributed by atoms with E-state index in [2.05, 4.69) is 4.98 Å². The van der Waals surface area contributed by atoms with Crippen LogP contribution >= 0.6 is 0 Å². The maximum absolute atomic E-state index is 10.3. The molecule has 0 aliphatic rings. The van der Waals surface area contributed by atoms with Crippen LogP contribution < -0.4 is 0 Å². The summed E-state index contributed by atoms with van der Waals surface area (Å²) in [6.45, 7) is 0. The first-order valence-electron chi connectivity index (χ1n) is 6.08. The van der Waals surface area contributed by atoms with Gasteiger partial charge in [0.2, 0.25) is 0 Å². The number of benzene rings is 2. The summed E-state index contributed by atoms with van der Waals surface area (Å²) in [5, 5.41) is 21.1. The molecular formula is C16H13NO2. The molecule has 0 aliphatic heterocycles. The summed E-state index contributed by atoms with van der Waals surface area (Å²) in [5.74, 6) is 0.154. The second kappa shape index (κ2) is 4.61. The normalized spacial score (nSPS) is 10.7. The quantitative estimate of drug-likeness (QED) is 0.735. The van der Waals surface area contributed by atoms with Crippen molar-refractivity contribution in [1.29, 1.82) is 0 Å². The average Bonchev–Trinajstić information content (AvgIpc) is 2.45. The van der Waals surface area contributed by atoms with Crippen LogP contribution in [0.2, 0.25) is 0 Å². The van der Waals surface area contributed by atoms with Crippen molar-refractivity contribution in [2.24, 2.45) is 0 Å². The third-order valence-corrected chi connectivity index (χ3v) is 3.17. The standard InChI is InChI=1S/C16H13NO2/c18-14-10-12-7-4-8-17-15(12)16(19)13(14)9-11-5-2-1-3-6-11/h1-8,10,18-19H,9H2.